The second-order valence-corrected chi connectivity index (χ2v) is 7.25. The molecular weight excluding hydrogens is 337 g/mol. The fourth-order valence-electron chi connectivity index (χ4n) is 3.66. The van der Waals surface area contributed by atoms with Gasteiger partial charge in [0, 0.05) is 37.1 Å². The summed E-state index contributed by atoms with van der Waals surface area (Å²) in [5.74, 6) is 0.286. The van der Waals surface area contributed by atoms with Gasteiger partial charge in [0.15, 0.2) is 5.84 Å². The lowest BCUT2D eigenvalue weighted by atomic mass is 10.0. The number of hydrogen-bond donors (Lipinski definition) is 0. The molecule has 1 saturated heterocycles. The van der Waals surface area contributed by atoms with Crippen LogP contribution in [0.5, 0.6) is 0 Å². The molecule has 1 aliphatic heterocycles. The number of halogens is 1. The van der Waals surface area contributed by atoms with Gasteiger partial charge in [0.1, 0.15) is 5.82 Å². The van der Waals surface area contributed by atoms with Crippen LogP contribution in [-0.4, -0.2) is 31.7 Å². The predicted molar refractivity (Wildman–Crippen MR) is 113 cm³/mol. The average molecular weight is 365 g/mol. The van der Waals surface area contributed by atoms with E-state index >= 15 is 0 Å². The highest BCUT2D eigenvalue weighted by Gasteiger charge is 2.14. The van der Waals surface area contributed by atoms with Gasteiger partial charge in [-0.25, -0.2) is 9.38 Å². The molecule has 1 aliphatic rings. The second-order valence-electron chi connectivity index (χ2n) is 7.25. The largest absolute Gasteiger partial charge is 0.371 e. The molecule has 1 heterocycles. The molecule has 0 spiro atoms. The lowest BCUT2D eigenvalue weighted by Crippen LogP contribution is -2.30. The third kappa shape index (κ3) is 4.44. The van der Waals surface area contributed by atoms with Crippen LogP contribution in [0.25, 0.3) is 0 Å². The summed E-state index contributed by atoms with van der Waals surface area (Å²) in [4.78, 5) is 11.5. The van der Waals surface area contributed by atoms with E-state index in [1.165, 1.54) is 42.6 Å². The van der Waals surface area contributed by atoms with E-state index in [1.54, 1.807) is 13.1 Å². The van der Waals surface area contributed by atoms with Crippen molar-refractivity contribution in [2.24, 2.45) is 9.98 Å². The highest BCUT2D eigenvalue weighted by atomic mass is 19.1. The molecule has 0 aromatic heterocycles. The van der Waals surface area contributed by atoms with Crippen LogP contribution in [0, 0.1) is 19.7 Å². The van der Waals surface area contributed by atoms with Gasteiger partial charge in [0.2, 0.25) is 0 Å². The van der Waals surface area contributed by atoms with Crippen molar-refractivity contribution < 1.29 is 4.39 Å². The first-order valence-corrected chi connectivity index (χ1v) is 9.64. The van der Waals surface area contributed by atoms with E-state index in [9.17, 15) is 4.39 Å². The van der Waals surface area contributed by atoms with Crippen LogP contribution >= 0.6 is 0 Å². The Hall–Kier alpha value is -2.49. The van der Waals surface area contributed by atoms with Crippen LogP contribution in [0.4, 0.5) is 10.1 Å². The highest BCUT2D eigenvalue weighted by Crippen LogP contribution is 2.25. The molecule has 27 heavy (non-hydrogen) atoms. The van der Waals surface area contributed by atoms with Crippen molar-refractivity contribution in [3.63, 3.8) is 0 Å². The molecule has 0 N–H and O–H groups in total. The van der Waals surface area contributed by atoms with Crippen LogP contribution in [0.2, 0.25) is 0 Å². The summed E-state index contributed by atoms with van der Waals surface area (Å²) in [6, 6.07) is 11.2. The molecule has 0 saturated carbocycles. The van der Waals surface area contributed by atoms with E-state index in [4.69, 9.17) is 4.99 Å². The normalized spacial score (nSPS) is 16.0. The first-order chi connectivity index (χ1) is 13.0. The lowest BCUT2D eigenvalue weighted by Gasteiger charge is -2.30. The SMILES string of the molecule is C/N=C(\N=C(/C)c1ccc(N2CCCCC2)c(C)c1)c1cc(F)ccc1C. The first-order valence-electron chi connectivity index (χ1n) is 9.64. The zero-order valence-corrected chi connectivity index (χ0v) is 16.7. The van der Waals surface area contributed by atoms with E-state index in [1.807, 2.05) is 13.8 Å². The molecule has 0 amide bonds. The molecule has 0 radical (unpaired) electrons. The molecule has 0 unspecified atom stereocenters. The Labute approximate surface area is 161 Å². The van der Waals surface area contributed by atoms with E-state index in [0.29, 0.717) is 5.84 Å². The third-order valence-corrected chi connectivity index (χ3v) is 5.24. The number of piperidine rings is 1. The van der Waals surface area contributed by atoms with Gasteiger partial charge in [-0.1, -0.05) is 12.1 Å². The topological polar surface area (TPSA) is 28.0 Å². The van der Waals surface area contributed by atoms with E-state index in [-0.39, 0.29) is 5.82 Å². The Morgan fingerprint density at radius 1 is 0.963 bits per heavy atom. The number of anilines is 1. The van der Waals surface area contributed by atoms with Crippen molar-refractivity contribution >= 4 is 17.2 Å². The second kappa shape index (κ2) is 8.47. The van der Waals surface area contributed by atoms with E-state index in [2.05, 4.69) is 35.0 Å². The van der Waals surface area contributed by atoms with Crippen molar-refractivity contribution in [2.75, 3.05) is 25.0 Å². The van der Waals surface area contributed by atoms with Gasteiger partial charge < -0.3 is 4.90 Å². The van der Waals surface area contributed by atoms with Gasteiger partial charge >= 0.3 is 0 Å². The number of nitrogens with zero attached hydrogens (tertiary/aromatic N) is 3. The van der Waals surface area contributed by atoms with Gasteiger partial charge in [0.05, 0.1) is 0 Å². The van der Waals surface area contributed by atoms with Crippen molar-refractivity contribution in [1.29, 1.82) is 0 Å². The van der Waals surface area contributed by atoms with Crippen LogP contribution in [0.1, 0.15) is 48.4 Å². The van der Waals surface area contributed by atoms with Gasteiger partial charge in [-0.2, -0.15) is 0 Å². The Morgan fingerprint density at radius 2 is 1.70 bits per heavy atom. The fraction of sp³-hybridized carbons (Fsp3) is 0.391. The molecule has 0 atom stereocenters. The van der Waals surface area contributed by atoms with Crippen LogP contribution in [0.15, 0.2) is 46.4 Å². The van der Waals surface area contributed by atoms with Crippen molar-refractivity contribution in [1.82, 2.24) is 0 Å². The standard InChI is InChI=1S/C23H28FN3/c1-16-8-10-20(24)15-21(16)23(25-4)26-18(3)19-9-11-22(17(2)14-19)27-12-6-5-7-13-27/h8-11,14-15H,5-7,12-13H2,1-4H3/b25-23-,26-18+. The van der Waals surface area contributed by atoms with Gasteiger partial charge in [-0.3, -0.25) is 4.99 Å². The monoisotopic (exact) mass is 365 g/mol. The maximum Gasteiger partial charge on any atom is 0.154 e. The minimum absolute atomic E-state index is 0.272. The Kier molecular flexibility index (Phi) is 6.04. The Morgan fingerprint density at radius 3 is 2.37 bits per heavy atom. The minimum Gasteiger partial charge on any atom is -0.371 e. The van der Waals surface area contributed by atoms with Crippen molar-refractivity contribution in [3.8, 4) is 0 Å². The Bertz CT molecular complexity index is 877. The Balaban J connectivity index is 1.88. The maximum absolute atomic E-state index is 13.7. The van der Waals surface area contributed by atoms with Crippen molar-refractivity contribution in [3.05, 3.63) is 64.5 Å². The number of rotatable bonds is 3. The van der Waals surface area contributed by atoms with Crippen LogP contribution in [0.3, 0.4) is 0 Å². The number of amidine groups is 1. The summed E-state index contributed by atoms with van der Waals surface area (Å²) >= 11 is 0. The highest BCUT2D eigenvalue weighted by molar-refractivity contribution is 6.12. The molecule has 4 heteroatoms. The number of hydrogen-bond acceptors (Lipinski definition) is 2. The number of aryl methyl sites for hydroxylation is 2. The molecule has 3 nitrogen and oxygen atoms in total. The minimum atomic E-state index is -0.272. The maximum atomic E-state index is 13.7. The first kappa shape index (κ1) is 19.3. The van der Waals surface area contributed by atoms with E-state index in [0.717, 1.165) is 35.5 Å². The third-order valence-electron chi connectivity index (χ3n) is 5.24. The fourth-order valence-corrected chi connectivity index (χ4v) is 3.66. The zero-order valence-electron chi connectivity index (χ0n) is 16.7. The molecule has 2 aromatic rings. The smallest absolute Gasteiger partial charge is 0.154 e. The van der Waals surface area contributed by atoms with Gasteiger partial charge in [0.25, 0.3) is 0 Å². The molecule has 142 valence electrons. The summed E-state index contributed by atoms with van der Waals surface area (Å²) in [7, 11) is 1.70. The average Bonchev–Trinajstić information content (AvgIpc) is 2.68. The molecule has 0 aliphatic carbocycles. The molecule has 0 bridgehead atoms. The summed E-state index contributed by atoms with van der Waals surface area (Å²) in [5, 5.41) is 0. The molecule has 3 rings (SSSR count). The number of aliphatic imine (C=N–C) groups is 2. The molecule has 1 fully saturated rings. The summed E-state index contributed by atoms with van der Waals surface area (Å²) < 4.78 is 13.7. The molecular formula is C23H28FN3. The van der Waals surface area contributed by atoms with Gasteiger partial charge in [-0.15, -0.1) is 0 Å². The van der Waals surface area contributed by atoms with Crippen molar-refractivity contribution in [2.45, 2.75) is 40.0 Å². The summed E-state index contributed by atoms with van der Waals surface area (Å²) in [6.07, 6.45) is 3.87. The zero-order chi connectivity index (χ0) is 19.4. The lowest BCUT2D eigenvalue weighted by molar-refractivity contribution is 0.577. The summed E-state index contributed by atoms with van der Waals surface area (Å²) in [6.45, 7) is 8.36. The van der Waals surface area contributed by atoms with Crippen LogP contribution in [-0.2, 0) is 0 Å². The summed E-state index contributed by atoms with van der Waals surface area (Å²) in [5.41, 5.74) is 6.23. The predicted octanol–water partition coefficient (Wildman–Crippen LogP) is 5.32. The van der Waals surface area contributed by atoms with Gasteiger partial charge in [-0.05, 0) is 81.0 Å². The molecule has 2 aromatic carbocycles. The quantitative estimate of drug-likeness (QED) is 0.534. The number of benzene rings is 2. The van der Waals surface area contributed by atoms with Crippen LogP contribution < -0.4 is 4.90 Å². The van der Waals surface area contributed by atoms with E-state index < -0.39 is 0 Å².